The van der Waals surface area contributed by atoms with E-state index in [4.69, 9.17) is 9.15 Å². The van der Waals surface area contributed by atoms with Crippen molar-refractivity contribution in [2.24, 2.45) is 27.6 Å². The Kier molecular flexibility index (Phi) is 3.24. The van der Waals surface area contributed by atoms with Crippen LogP contribution in [0.25, 0.3) is 0 Å². The topological polar surface area (TPSA) is 56.5 Å². The molecule has 1 saturated carbocycles. The maximum Gasteiger partial charge on any atom is 0.207 e. The largest absolute Gasteiger partial charge is 0.489 e. The van der Waals surface area contributed by atoms with Crippen molar-refractivity contribution in [1.29, 1.82) is 0 Å². The van der Waals surface area contributed by atoms with Crippen molar-refractivity contribution in [2.45, 2.75) is 52.9 Å². The molecule has 0 aromatic carbocycles. The van der Waals surface area contributed by atoms with Crippen molar-refractivity contribution in [3.05, 3.63) is 59.3 Å². The van der Waals surface area contributed by atoms with Crippen LogP contribution in [0, 0.1) is 27.6 Å². The zero-order valence-corrected chi connectivity index (χ0v) is 18.1. The number of Topliss-reactive ketones (excluding diaryl/α,β-unsaturated/α-hetero) is 1. The van der Waals surface area contributed by atoms with Crippen LogP contribution in [0.1, 0.15) is 58.4 Å². The molecule has 0 bridgehead atoms. The number of carbonyl (C=O) groups excluding carboxylic acids is 2. The molecule has 2 heterocycles. The van der Waals surface area contributed by atoms with Crippen LogP contribution in [0.4, 0.5) is 0 Å². The van der Waals surface area contributed by atoms with Gasteiger partial charge in [-0.15, -0.1) is 0 Å². The molecule has 4 nitrogen and oxygen atoms in total. The molecule has 1 unspecified atom stereocenters. The number of hydrogen-bond acceptors (Lipinski definition) is 4. The van der Waals surface area contributed by atoms with Gasteiger partial charge < -0.3 is 9.15 Å². The molecule has 6 rings (SSSR count). The molecule has 5 aliphatic rings. The minimum Gasteiger partial charge on any atom is -0.489 e. The summed E-state index contributed by atoms with van der Waals surface area (Å²) in [4.78, 5) is 27.5. The van der Waals surface area contributed by atoms with Crippen molar-refractivity contribution in [2.75, 3.05) is 6.61 Å². The van der Waals surface area contributed by atoms with Gasteiger partial charge in [0.2, 0.25) is 5.78 Å². The van der Waals surface area contributed by atoms with Crippen molar-refractivity contribution in [3.63, 3.8) is 0 Å². The fourth-order valence-electron chi connectivity index (χ4n) is 7.98. The Morgan fingerprint density at radius 3 is 2.63 bits per heavy atom. The summed E-state index contributed by atoms with van der Waals surface area (Å²) in [5.41, 5.74) is 1.45. The van der Waals surface area contributed by atoms with Gasteiger partial charge in [-0.2, -0.15) is 0 Å². The Bertz CT molecular complexity index is 1090. The highest BCUT2D eigenvalue weighted by Crippen LogP contribution is 2.72. The normalized spacial score (nSPS) is 46.3. The maximum atomic E-state index is 14.1. The first-order chi connectivity index (χ1) is 14.2. The van der Waals surface area contributed by atoms with E-state index in [-0.39, 0.29) is 28.3 Å². The van der Waals surface area contributed by atoms with E-state index in [1.165, 1.54) is 11.1 Å². The van der Waals surface area contributed by atoms with E-state index in [9.17, 15) is 9.59 Å². The lowest BCUT2D eigenvalue weighted by atomic mass is 9.41. The second-order valence-electron chi connectivity index (χ2n) is 10.8. The minimum atomic E-state index is -0.717. The first-order valence-electron chi connectivity index (χ1n) is 11.1. The molecule has 0 radical (unpaired) electrons. The molecule has 0 N–H and O–H groups in total. The Hall–Kier alpha value is -2.36. The van der Waals surface area contributed by atoms with Crippen molar-refractivity contribution >= 4 is 11.6 Å². The van der Waals surface area contributed by atoms with Gasteiger partial charge in [0.05, 0.1) is 23.4 Å². The zero-order valence-electron chi connectivity index (χ0n) is 18.1. The van der Waals surface area contributed by atoms with E-state index in [1.807, 2.05) is 18.4 Å². The average molecular weight is 405 g/mol. The highest BCUT2D eigenvalue weighted by molar-refractivity contribution is 6.09. The van der Waals surface area contributed by atoms with Gasteiger partial charge in [0.1, 0.15) is 6.61 Å². The number of ketones is 2. The van der Waals surface area contributed by atoms with E-state index in [1.54, 1.807) is 12.3 Å². The lowest BCUT2D eigenvalue weighted by Gasteiger charge is -2.59. The molecule has 1 fully saturated rings. The van der Waals surface area contributed by atoms with E-state index in [2.05, 4.69) is 33.8 Å². The fourth-order valence-corrected chi connectivity index (χ4v) is 7.98. The van der Waals surface area contributed by atoms with Crippen LogP contribution in [0.3, 0.4) is 0 Å². The Labute approximate surface area is 177 Å². The van der Waals surface area contributed by atoms with Crippen LogP contribution in [0.5, 0.6) is 0 Å². The summed E-state index contributed by atoms with van der Waals surface area (Å²) in [7, 11) is 0. The van der Waals surface area contributed by atoms with Crippen molar-refractivity contribution in [3.8, 4) is 0 Å². The summed E-state index contributed by atoms with van der Waals surface area (Å²) in [5.74, 6) is 0.925. The molecular formula is C26H28O4. The number of ether oxygens (including phenoxy) is 1. The van der Waals surface area contributed by atoms with Crippen LogP contribution < -0.4 is 0 Å². The van der Waals surface area contributed by atoms with Gasteiger partial charge in [0, 0.05) is 11.0 Å². The number of fused-ring (bicyclic) bond motifs is 4. The molecule has 6 atom stereocenters. The Morgan fingerprint density at radius 1 is 1.10 bits per heavy atom. The van der Waals surface area contributed by atoms with Crippen LogP contribution in [-0.4, -0.2) is 18.2 Å². The summed E-state index contributed by atoms with van der Waals surface area (Å²) in [6.07, 6.45) is 12.3. The smallest absolute Gasteiger partial charge is 0.207 e. The predicted molar refractivity (Wildman–Crippen MR) is 111 cm³/mol. The molecule has 0 amide bonds. The van der Waals surface area contributed by atoms with Gasteiger partial charge in [-0.3, -0.25) is 9.59 Å². The van der Waals surface area contributed by atoms with Gasteiger partial charge in [-0.25, -0.2) is 0 Å². The van der Waals surface area contributed by atoms with Crippen LogP contribution in [0.2, 0.25) is 0 Å². The van der Waals surface area contributed by atoms with E-state index in [0.29, 0.717) is 18.3 Å². The molecule has 1 aromatic rings. The summed E-state index contributed by atoms with van der Waals surface area (Å²) in [6, 6.07) is 2.05. The molecule has 156 valence electrons. The van der Waals surface area contributed by atoms with Gasteiger partial charge in [0.15, 0.2) is 11.5 Å². The third-order valence-corrected chi connectivity index (χ3v) is 9.42. The van der Waals surface area contributed by atoms with Gasteiger partial charge in [0.25, 0.3) is 0 Å². The summed E-state index contributed by atoms with van der Waals surface area (Å²) >= 11 is 0. The summed E-state index contributed by atoms with van der Waals surface area (Å²) < 4.78 is 11.5. The Balaban J connectivity index is 1.55. The molecule has 4 aliphatic carbocycles. The first kappa shape index (κ1) is 18.4. The van der Waals surface area contributed by atoms with Crippen molar-refractivity contribution < 1.29 is 18.7 Å². The second kappa shape index (κ2) is 5.27. The molecule has 30 heavy (non-hydrogen) atoms. The monoisotopic (exact) mass is 404 g/mol. The van der Waals surface area contributed by atoms with E-state index < -0.39 is 10.8 Å². The lowest BCUT2D eigenvalue weighted by molar-refractivity contribution is -0.141. The summed E-state index contributed by atoms with van der Waals surface area (Å²) in [5, 5.41) is 0. The maximum absolute atomic E-state index is 14.1. The third kappa shape index (κ3) is 1.78. The summed E-state index contributed by atoms with van der Waals surface area (Å²) in [6.45, 7) is 9.00. The zero-order chi connectivity index (χ0) is 21.1. The van der Waals surface area contributed by atoms with Crippen molar-refractivity contribution in [1.82, 2.24) is 0 Å². The van der Waals surface area contributed by atoms with Crippen LogP contribution in [-0.2, 0) is 14.3 Å². The third-order valence-electron chi connectivity index (χ3n) is 9.42. The number of rotatable bonds is 1. The van der Waals surface area contributed by atoms with Gasteiger partial charge >= 0.3 is 0 Å². The SMILES string of the molecule is C[C@@]12C(=O)C3=C4[C@](C)(C(=O)C=C[C@@]4(C)CO3)C1CC[C@]1(C)C2=CC[C@H]1c1ccoc1. The second-order valence-corrected chi connectivity index (χ2v) is 10.8. The van der Waals surface area contributed by atoms with Crippen LogP contribution >= 0.6 is 0 Å². The number of hydrogen-bond donors (Lipinski definition) is 0. The van der Waals surface area contributed by atoms with E-state index in [0.717, 1.165) is 24.8 Å². The molecule has 1 aromatic heterocycles. The number of carbonyl (C=O) groups is 2. The highest BCUT2D eigenvalue weighted by atomic mass is 16.5. The minimum absolute atomic E-state index is 0.0443. The molecule has 0 spiro atoms. The first-order valence-corrected chi connectivity index (χ1v) is 11.1. The fraction of sp³-hybridized carbons (Fsp3) is 0.538. The molecule has 1 aliphatic heterocycles. The quantitative estimate of drug-likeness (QED) is 0.609. The standard InChI is InChI=1S/C26H28O4/c1-23-10-8-19(27)26(4)18-7-11-24(2)16(15-9-12-29-13-15)5-6-17(24)25(18,3)22(28)20(21(23)26)30-14-23/h6,8-10,12-13,16,18H,5,7,11,14H2,1-4H3/t16-,18?,23-,24-,25-,26-/m0/s1. The van der Waals surface area contributed by atoms with Gasteiger partial charge in [-0.05, 0) is 75.0 Å². The van der Waals surface area contributed by atoms with Gasteiger partial charge in [-0.1, -0.05) is 24.6 Å². The number of allylic oxidation sites excluding steroid dienone is 4. The Morgan fingerprint density at radius 2 is 1.90 bits per heavy atom. The molecular weight excluding hydrogens is 376 g/mol. The highest BCUT2D eigenvalue weighted by Gasteiger charge is 2.70. The van der Waals surface area contributed by atoms with Crippen LogP contribution in [0.15, 0.2) is 58.1 Å². The molecule has 0 saturated heterocycles. The van der Waals surface area contributed by atoms with E-state index >= 15 is 0 Å². The average Bonchev–Trinajstić information content (AvgIpc) is 3.41. The lowest BCUT2D eigenvalue weighted by Crippen LogP contribution is -2.60. The molecule has 4 heteroatoms. The number of furan rings is 1. The predicted octanol–water partition coefficient (Wildman–Crippen LogP) is 5.13.